The molecule has 0 unspecified atom stereocenters. The van der Waals surface area contributed by atoms with Crippen LogP contribution in [0.25, 0.3) is 0 Å². The minimum Gasteiger partial charge on any atom is -0.493 e. The molecular weight excluding hydrogens is 623 g/mol. The number of nitrogens with zero attached hydrogens (tertiary/aromatic N) is 4. The third-order valence-electron chi connectivity index (χ3n) is 9.46. The van der Waals surface area contributed by atoms with Crippen molar-refractivity contribution in [3.8, 4) is 5.75 Å². The molecule has 2 aliphatic rings. The second-order valence-corrected chi connectivity index (χ2v) is 14.4. The number of likely N-dealkylation sites (tertiary alicyclic amines) is 1. The summed E-state index contributed by atoms with van der Waals surface area (Å²) >= 11 is 12.7. The number of carboxylic acid groups (broad SMARTS) is 1. The van der Waals surface area contributed by atoms with Crippen LogP contribution < -0.4 is 4.74 Å². The Morgan fingerprint density at radius 3 is 2.07 bits per heavy atom. The predicted octanol–water partition coefficient (Wildman–Crippen LogP) is 8.28. The standard InChI is InChI=1S/C36H42Cl2N4O4/c1-7-46-29-21-30(34(2,3)4)39-22-28(29)32-40-35(5,24-8-12-26(37)13-9-24)36(6,25-10-14-27(38)15-11-25)42(32)33(45)41-18-16-23(17-19-41)20-31(43)44/h8-15,21-23H,7,16-20H2,1-6H3,(H,43,44)/t35-,36+/m0/s1. The molecule has 10 heteroatoms. The molecule has 0 aliphatic carbocycles. The van der Waals surface area contributed by atoms with Gasteiger partial charge in [-0.3, -0.25) is 19.7 Å². The Balaban J connectivity index is 1.73. The Bertz CT molecular complexity index is 1630. The van der Waals surface area contributed by atoms with Gasteiger partial charge in [-0.25, -0.2) is 4.79 Å². The van der Waals surface area contributed by atoms with E-state index in [1.54, 1.807) is 11.1 Å². The van der Waals surface area contributed by atoms with Crippen LogP contribution in [0, 0.1) is 5.92 Å². The van der Waals surface area contributed by atoms with Gasteiger partial charge in [0.1, 0.15) is 22.7 Å². The first-order valence-corrected chi connectivity index (χ1v) is 16.5. The van der Waals surface area contributed by atoms with E-state index in [9.17, 15) is 14.7 Å². The molecule has 2 aromatic carbocycles. The molecule has 46 heavy (non-hydrogen) atoms. The number of aromatic nitrogens is 1. The van der Waals surface area contributed by atoms with Gasteiger partial charge >= 0.3 is 12.0 Å². The largest absolute Gasteiger partial charge is 0.493 e. The van der Waals surface area contributed by atoms with Crippen LogP contribution in [0.2, 0.25) is 10.0 Å². The molecule has 0 radical (unpaired) electrons. The molecule has 0 saturated carbocycles. The third kappa shape index (κ3) is 6.21. The van der Waals surface area contributed by atoms with Crippen LogP contribution in [0.3, 0.4) is 0 Å². The highest BCUT2D eigenvalue weighted by Crippen LogP contribution is 2.54. The molecule has 0 spiro atoms. The summed E-state index contributed by atoms with van der Waals surface area (Å²) in [6.07, 6.45) is 3.08. The number of hydrogen-bond acceptors (Lipinski definition) is 5. The molecule has 1 fully saturated rings. The number of hydrogen-bond donors (Lipinski definition) is 1. The van der Waals surface area contributed by atoms with Crippen molar-refractivity contribution >= 4 is 41.0 Å². The zero-order chi connectivity index (χ0) is 33.4. The Morgan fingerprint density at radius 2 is 1.54 bits per heavy atom. The van der Waals surface area contributed by atoms with E-state index in [4.69, 9.17) is 37.9 Å². The van der Waals surface area contributed by atoms with Gasteiger partial charge in [0.2, 0.25) is 0 Å². The van der Waals surface area contributed by atoms with Crippen molar-refractivity contribution in [3.05, 3.63) is 93.2 Å². The van der Waals surface area contributed by atoms with Crippen molar-refractivity contribution in [2.75, 3.05) is 19.7 Å². The van der Waals surface area contributed by atoms with Crippen molar-refractivity contribution in [2.45, 2.75) is 77.3 Å². The maximum Gasteiger partial charge on any atom is 0.326 e. The fourth-order valence-corrected chi connectivity index (χ4v) is 6.83. The smallest absolute Gasteiger partial charge is 0.326 e. The summed E-state index contributed by atoms with van der Waals surface area (Å²) in [4.78, 5) is 40.3. The van der Waals surface area contributed by atoms with Crippen LogP contribution in [0.4, 0.5) is 4.79 Å². The van der Waals surface area contributed by atoms with E-state index in [0.29, 0.717) is 59.7 Å². The van der Waals surface area contributed by atoms with Gasteiger partial charge in [0.05, 0.1) is 12.2 Å². The normalized spacial score (nSPS) is 22.1. The van der Waals surface area contributed by atoms with E-state index >= 15 is 0 Å². The number of aliphatic carboxylic acids is 1. The highest BCUT2D eigenvalue weighted by molar-refractivity contribution is 6.30. The van der Waals surface area contributed by atoms with E-state index < -0.39 is 17.0 Å². The van der Waals surface area contributed by atoms with E-state index in [-0.39, 0.29) is 23.8 Å². The number of carbonyl (C=O) groups is 2. The molecule has 3 heterocycles. The van der Waals surface area contributed by atoms with Crippen LogP contribution in [0.15, 0.2) is 65.8 Å². The molecule has 1 N–H and O–H groups in total. The second-order valence-electron chi connectivity index (χ2n) is 13.5. The summed E-state index contributed by atoms with van der Waals surface area (Å²) in [6.45, 7) is 13.6. The van der Waals surface area contributed by atoms with Crippen molar-refractivity contribution in [1.29, 1.82) is 0 Å². The van der Waals surface area contributed by atoms with Crippen molar-refractivity contribution in [3.63, 3.8) is 0 Å². The van der Waals surface area contributed by atoms with Gasteiger partial charge in [0, 0.05) is 52.9 Å². The van der Waals surface area contributed by atoms with Gasteiger partial charge < -0.3 is 14.7 Å². The topological polar surface area (TPSA) is 95.3 Å². The van der Waals surface area contributed by atoms with Gasteiger partial charge in [0.15, 0.2) is 0 Å². The maximum absolute atomic E-state index is 15.0. The molecule has 2 aliphatic heterocycles. The summed E-state index contributed by atoms with van der Waals surface area (Å²) < 4.78 is 6.23. The SMILES string of the molecule is CCOc1cc(C(C)(C)C)ncc1C1=N[C@@](C)(c2ccc(Cl)cc2)[C@@](C)(c2ccc(Cl)cc2)N1C(=O)N1CCC(CC(=O)O)CC1. The predicted molar refractivity (Wildman–Crippen MR) is 182 cm³/mol. The van der Waals surface area contributed by atoms with Crippen molar-refractivity contribution in [1.82, 2.24) is 14.8 Å². The molecule has 1 aromatic heterocycles. The van der Waals surface area contributed by atoms with Crippen LogP contribution >= 0.6 is 23.2 Å². The lowest BCUT2D eigenvalue weighted by atomic mass is 9.71. The summed E-state index contributed by atoms with van der Waals surface area (Å²) in [5.74, 6) is 0.248. The zero-order valence-corrected chi connectivity index (χ0v) is 28.8. The lowest BCUT2D eigenvalue weighted by molar-refractivity contribution is -0.138. The summed E-state index contributed by atoms with van der Waals surface area (Å²) in [7, 11) is 0. The lowest BCUT2D eigenvalue weighted by Crippen LogP contribution is -2.59. The van der Waals surface area contributed by atoms with E-state index in [0.717, 1.165) is 16.8 Å². The monoisotopic (exact) mass is 664 g/mol. The number of carboxylic acids is 1. The number of rotatable bonds is 7. The van der Waals surface area contributed by atoms with Gasteiger partial charge in [-0.2, -0.15) is 0 Å². The average molecular weight is 666 g/mol. The summed E-state index contributed by atoms with van der Waals surface area (Å²) in [5.41, 5.74) is 0.942. The first-order valence-electron chi connectivity index (χ1n) is 15.8. The Labute approximate surface area is 281 Å². The summed E-state index contributed by atoms with van der Waals surface area (Å²) in [6, 6.07) is 16.8. The fourth-order valence-electron chi connectivity index (χ4n) is 6.57. The number of ether oxygens (including phenoxy) is 1. The molecule has 8 nitrogen and oxygen atoms in total. The zero-order valence-electron chi connectivity index (χ0n) is 27.3. The number of halogens is 2. The number of pyridine rings is 1. The maximum atomic E-state index is 15.0. The third-order valence-corrected chi connectivity index (χ3v) is 9.97. The first-order chi connectivity index (χ1) is 21.7. The molecule has 0 bridgehead atoms. The number of aliphatic imine (C=N–C) groups is 1. The number of amides is 2. The molecule has 2 atom stereocenters. The van der Waals surface area contributed by atoms with Gasteiger partial charge in [-0.05, 0) is 74.9 Å². The molecular formula is C36H42Cl2N4O4. The molecule has 244 valence electrons. The Hall–Kier alpha value is -3.62. The molecule has 1 saturated heterocycles. The number of piperidine rings is 1. The number of urea groups is 1. The van der Waals surface area contributed by atoms with Crippen molar-refractivity contribution in [2.24, 2.45) is 10.9 Å². The Morgan fingerprint density at radius 1 is 0.978 bits per heavy atom. The number of benzene rings is 2. The van der Waals surface area contributed by atoms with E-state index in [2.05, 4.69) is 20.8 Å². The van der Waals surface area contributed by atoms with Crippen LogP contribution in [0.5, 0.6) is 5.75 Å². The number of amidine groups is 1. The second kappa shape index (κ2) is 12.9. The molecule has 5 rings (SSSR count). The Kier molecular flexibility index (Phi) is 9.45. The fraction of sp³-hybridized carbons (Fsp3) is 0.444. The highest BCUT2D eigenvalue weighted by atomic mass is 35.5. The molecule has 3 aromatic rings. The minimum atomic E-state index is -1.04. The molecule has 2 amide bonds. The van der Waals surface area contributed by atoms with E-state index in [1.165, 1.54) is 0 Å². The van der Waals surface area contributed by atoms with Crippen molar-refractivity contribution < 1.29 is 19.4 Å². The van der Waals surface area contributed by atoms with Gasteiger partial charge in [-0.1, -0.05) is 68.2 Å². The minimum absolute atomic E-state index is 0.0222. The van der Waals surface area contributed by atoms with Crippen LogP contribution in [-0.2, 0) is 21.3 Å². The van der Waals surface area contributed by atoms with Crippen LogP contribution in [-0.4, -0.2) is 57.4 Å². The number of carbonyl (C=O) groups excluding carboxylic acids is 1. The lowest BCUT2D eigenvalue weighted by Gasteiger charge is -2.47. The highest BCUT2D eigenvalue weighted by Gasteiger charge is 2.60. The van der Waals surface area contributed by atoms with Gasteiger partial charge in [0.25, 0.3) is 0 Å². The van der Waals surface area contributed by atoms with Crippen LogP contribution in [0.1, 0.15) is 83.2 Å². The average Bonchev–Trinajstić information content (AvgIpc) is 3.25. The van der Waals surface area contributed by atoms with E-state index in [1.807, 2.05) is 80.3 Å². The van der Waals surface area contributed by atoms with Gasteiger partial charge in [-0.15, -0.1) is 0 Å². The summed E-state index contributed by atoms with van der Waals surface area (Å²) in [5, 5.41) is 10.6. The quantitative estimate of drug-likeness (QED) is 0.274. The first kappa shape index (κ1) is 33.7.